The van der Waals surface area contributed by atoms with Crippen molar-refractivity contribution in [3.63, 3.8) is 0 Å². The zero-order valence-corrected chi connectivity index (χ0v) is 17.4. The first-order valence-electron chi connectivity index (χ1n) is 9.39. The van der Waals surface area contributed by atoms with Gasteiger partial charge in [-0.15, -0.1) is 11.3 Å². The van der Waals surface area contributed by atoms with Crippen molar-refractivity contribution in [1.29, 1.82) is 0 Å². The molecule has 4 rings (SSSR count). The van der Waals surface area contributed by atoms with E-state index in [1.54, 1.807) is 17.7 Å². The fourth-order valence-corrected chi connectivity index (χ4v) is 4.51. The van der Waals surface area contributed by atoms with Gasteiger partial charge in [0.25, 0.3) is 0 Å². The van der Waals surface area contributed by atoms with Crippen molar-refractivity contribution in [3.05, 3.63) is 64.8 Å². The number of aromatic nitrogens is 2. The molecule has 2 aromatic carbocycles. The van der Waals surface area contributed by atoms with Crippen molar-refractivity contribution in [2.45, 2.75) is 27.7 Å². The van der Waals surface area contributed by atoms with Gasteiger partial charge < -0.3 is 10.1 Å². The second-order valence-corrected chi connectivity index (χ2v) is 7.99. The summed E-state index contributed by atoms with van der Waals surface area (Å²) in [5.41, 5.74) is 5.82. The van der Waals surface area contributed by atoms with Crippen molar-refractivity contribution in [2.75, 3.05) is 11.9 Å². The van der Waals surface area contributed by atoms with Gasteiger partial charge in [-0.1, -0.05) is 30.3 Å². The zero-order valence-electron chi connectivity index (χ0n) is 16.5. The van der Waals surface area contributed by atoms with Crippen LogP contribution in [0.5, 0.6) is 5.75 Å². The summed E-state index contributed by atoms with van der Waals surface area (Å²) in [7, 11) is 0. The lowest BCUT2D eigenvalue weighted by Crippen LogP contribution is -1.99. The molecule has 5 heteroatoms. The molecule has 0 spiro atoms. The van der Waals surface area contributed by atoms with Gasteiger partial charge in [-0.3, -0.25) is 0 Å². The summed E-state index contributed by atoms with van der Waals surface area (Å²) in [6, 6.07) is 14.5. The van der Waals surface area contributed by atoms with Gasteiger partial charge in [0.15, 0.2) is 0 Å². The van der Waals surface area contributed by atoms with Crippen LogP contribution in [0.2, 0.25) is 0 Å². The van der Waals surface area contributed by atoms with Crippen molar-refractivity contribution in [2.24, 2.45) is 0 Å². The van der Waals surface area contributed by atoms with E-state index in [1.807, 2.05) is 19.1 Å². The number of rotatable bonds is 5. The second-order valence-electron chi connectivity index (χ2n) is 6.78. The van der Waals surface area contributed by atoms with Gasteiger partial charge in [0, 0.05) is 16.1 Å². The molecule has 0 saturated heterocycles. The third kappa shape index (κ3) is 3.34. The number of para-hydroxylation sites is 1. The highest BCUT2D eigenvalue weighted by atomic mass is 32.1. The topological polar surface area (TPSA) is 47.0 Å². The van der Waals surface area contributed by atoms with Crippen LogP contribution in [0.4, 0.5) is 11.5 Å². The number of aryl methyl sites for hydroxylation is 3. The van der Waals surface area contributed by atoms with Gasteiger partial charge in [-0.05, 0) is 56.5 Å². The average molecular weight is 390 g/mol. The molecule has 0 bridgehead atoms. The van der Waals surface area contributed by atoms with Crippen molar-refractivity contribution < 1.29 is 4.74 Å². The van der Waals surface area contributed by atoms with E-state index in [0.717, 1.165) is 33.0 Å². The summed E-state index contributed by atoms with van der Waals surface area (Å²) in [6.07, 6.45) is 1.64. The molecule has 1 N–H and O–H groups in total. The van der Waals surface area contributed by atoms with Gasteiger partial charge in [0.2, 0.25) is 0 Å². The average Bonchev–Trinajstić information content (AvgIpc) is 3.02. The Morgan fingerprint density at radius 3 is 2.36 bits per heavy atom. The van der Waals surface area contributed by atoms with Crippen molar-refractivity contribution in [3.8, 4) is 16.9 Å². The van der Waals surface area contributed by atoms with Crippen LogP contribution in [0.15, 0.2) is 48.8 Å². The summed E-state index contributed by atoms with van der Waals surface area (Å²) >= 11 is 1.70. The molecule has 2 aromatic heterocycles. The van der Waals surface area contributed by atoms with E-state index in [4.69, 9.17) is 4.74 Å². The molecule has 2 heterocycles. The van der Waals surface area contributed by atoms with Crippen LogP contribution < -0.4 is 10.1 Å². The predicted molar refractivity (Wildman–Crippen MR) is 118 cm³/mol. The molecule has 142 valence electrons. The number of thiophene rings is 1. The third-order valence-corrected chi connectivity index (χ3v) is 5.86. The smallest absolute Gasteiger partial charge is 0.143 e. The van der Waals surface area contributed by atoms with E-state index >= 15 is 0 Å². The Morgan fingerprint density at radius 1 is 0.964 bits per heavy atom. The molecule has 0 aliphatic heterocycles. The number of nitrogens with one attached hydrogen (secondary N) is 1. The van der Waals surface area contributed by atoms with E-state index in [0.29, 0.717) is 6.61 Å². The summed E-state index contributed by atoms with van der Waals surface area (Å²) < 4.78 is 5.59. The van der Waals surface area contributed by atoms with Gasteiger partial charge in [-0.25, -0.2) is 9.97 Å². The number of anilines is 2. The van der Waals surface area contributed by atoms with E-state index in [9.17, 15) is 0 Å². The summed E-state index contributed by atoms with van der Waals surface area (Å²) in [5, 5.41) is 4.64. The first kappa shape index (κ1) is 18.4. The minimum absolute atomic E-state index is 0.664. The highest BCUT2D eigenvalue weighted by Gasteiger charge is 2.17. The van der Waals surface area contributed by atoms with E-state index in [2.05, 4.69) is 66.4 Å². The van der Waals surface area contributed by atoms with E-state index in [-0.39, 0.29) is 0 Å². The zero-order chi connectivity index (χ0) is 19.7. The first-order chi connectivity index (χ1) is 13.6. The van der Waals surface area contributed by atoms with Crippen LogP contribution in [0.3, 0.4) is 0 Å². The fourth-order valence-electron chi connectivity index (χ4n) is 3.50. The molecule has 0 aliphatic carbocycles. The lowest BCUT2D eigenvalue weighted by Gasteiger charge is -2.13. The number of fused-ring (bicyclic) bond motifs is 1. The maximum Gasteiger partial charge on any atom is 0.143 e. The molecule has 28 heavy (non-hydrogen) atoms. The first-order valence-corrected chi connectivity index (χ1v) is 10.2. The molecule has 0 fully saturated rings. The normalized spacial score (nSPS) is 11.0. The summed E-state index contributed by atoms with van der Waals surface area (Å²) in [6.45, 7) is 9.02. The minimum Gasteiger partial charge on any atom is -0.494 e. The van der Waals surface area contributed by atoms with E-state index < -0.39 is 0 Å². The van der Waals surface area contributed by atoms with E-state index in [1.165, 1.54) is 21.6 Å². The molecule has 0 unspecified atom stereocenters. The number of hydrogen-bond donors (Lipinski definition) is 1. The van der Waals surface area contributed by atoms with Gasteiger partial charge >= 0.3 is 0 Å². The lowest BCUT2D eigenvalue weighted by atomic mass is 10.0. The minimum atomic E-state index is 0.664. The molecule has 0 saturated carbocycles. The predicted octanol–water partition coefficient (Wildman–Crippen LogP) is 6.43. The van der Waals surface area contributed by atoms with Crippen LogP contribution in [0, 0.1) is 20.8 Å². The van der Waals surface area contributed by atoms with Crippen molar-refractivity contribution >= 4 is 33.1 Å². The molecular weight excluding hydrogens is 366 g/mol. The Balaban J connectivity index is 1.85. The monoisotopic (exact) mass is 389 g/mol. The van der Waals surface area contributed by atoms with Gasteiger partial charge in [0.05, 0.1) is 12.0 Å². The molecule has 0 radical (unpaired) electrons. The van der Waals surface area contributed by atoms with Crippen LogP contribution in [0.1, 0.15) is 22.9 Å². The number of ether oxygens (including phenoxy) is 1. The summed E-state index contributed by atoms with van der Waals surface area (Å²) in [4.78, 5) is 11.3. The molecule has 4 nitrogen and oxygen atoms in total. The maximum absolute atomic E-state index is 5.59. The lowest BCUT2D eigenvalue weighted by molar-refractivity contribution is 0.340. The van der Waals surface area contributed by atoms with Crippen LogP contribution in [-0.4, -0.2) is 16.6 Å². The van der Waals surface area contributed by atoms with Crippen LogP contribution in [0.25, 0.3) is 21.3 Å². The standard InChI is InChI=1S/C23H23N3OS/c1-5-27-18-11-9-17(10-12-18)19-16(4)28-23-20(19)22(24-13-25-23)26-21-14(2)7-6-8-15(21)3/h6-13H,5H2,1-4H3,(H,24,25,26). The Labute approximate surface area is 169 Å². The highest BCUT2D eigenvalue weighted by molar-refractivity contribution is 7.19. The highest BCUT2D eigenvalue weighted by Crippen LogP contribution is 2.41. The molecule has 0 aliphatic rings. The van der Waals surface area contributed by atoms with Gasteiger partial charge in [0.1, 0.15) is 22.7 Å². The van der Waals surface area contributed by atoms with Crippen LogP contribution >= 0.6 is 11.3 Å². The fraction of sp³-hybridized carbons (Fsp3) is 0.217. The third-order valence-electron chi connectivity index (χ3n) is 4.84. The number of benzene rings is 2. The molecule has 4 aromatic rings. The molecular formula is C23H23N3OS. The van der Waals surface area contributed by atoms with Crippen molar-refractivity contribution in [1.82, 2.24) is 9.97 Å². The largest absolute Gasteiger partial charge is 0.494 e. The summed E-state index contributed by atoms with van der Waals surface area (Å²) in [5.74, 6) is 1.73. The van der Waals surface area contributed by atoms with Crippen LogP contribution in [-0.2, 0) is 0 Å². The Hall–Kier alpha value is -2.92. The number of hydrogen-bond acceptors (Lipinski definition) is 5. The Morgan fingerprint density at radius 2 is 1.68 bits per heavy atom. The molecule has 0 amide bonds. The second kappa shape index (κ2) is 7.60. The number of nitrogens with zero attached hydrogens (tertiary/aromatic N) is 2. The maximum atomic E-state index is 5.59. The SMILES string of the molecule is CCOc1ccc(-c2c(C)sc3ncnc(Nc4c(C)cccc4C)c23)cc1. The molecule has 0 atom stereocenters. The van der Waals surface area contributed by atoms with Gasteiger partial charge in [-0.2, -0.15) is 0 Å². The Bertz CT molecular complexity index is 1110. The Kier molecular flexibility index (Phi) is 5.01. The quantitative estimate of drug-likeness (QED) is 0.427.